The van der Waals surface area contributed by atoms with Crippen LogP contribution in [-0.4, -0.2) is 37.8 Å². The molecule has 170 valence electrons. The summed E-state index contributed by atoms with van der Waals surface area (Å²) in [5.41, 5.74) is 2.31. The van der Waals surface area contributed by atoms with Crippen molar-refractivity contribution in [1.82, 2.24) is 24.9 Å². The Labute approximate surface area is 196 Å². The van der Waals surface area contributed by atoms with Gasteiger partial charge in [-0.1, -0.05) is 31.5 Å². The van der Waals surface area contributed by atoms with E-state index in [4.69, 9.17) is 0 Å². The van der Waals surface area contributed by atoms with Gasteiger partial charge < -0.3 is 5.32 Å². The highest BCUT2D eigenvalue weighted by Crippen LogP contribution is 2.47. The van der Waals surface area contributed by atoms with E-state index in [9.17, 15) is 9.59 Å². The number of H-pyrrole nitrogens is 1. The summed E-state index contributed by atoms with van der Waals surface area (Å²) in [5.74, 6) is -0.0811. The molecular weight excluding hydrogens is 434 g/mol. The number of benzene rings is 1. The molecule has 0 bridgehead atoms. The van der Waals surface area contributed by atoms with Crippen LogP contribution in [-0.2, 0) is 6.42 Å². The molecule has 0 radical (unpaired) electrons. The van der Waals surface area contributed by atoms with E-state index >= 15 is 0 Å². The normalized spacial score (nSPS) is 20.1. The summed E-state index contributed by atoms with van der Waals surface area (Å²) in [4.78, 5) is 30.5. The molecule has 5 rings (SSSR count). The van der Waals surface area contributed by atoms with Crippen LogP contribution in [0.3, 0.4) is 0 Å². The number of rotatable bonds is 7. The fraction of sp³-hybridized carbons (Fsp3) is 0.360. The molecule has 1 amide bonds. The van der Waals surface area contributed by atoms with Crippen LogP contribution in [0.15, 0.2) is 58.5 Å². The molecule has 3 heterocycles. The smallest absolute Gasteiger partial charge is 0.272 e. The number of imidazole rings is 1. The Morgan fingerprint density at radius 1 is 1.27 bits per heavy atom. The Kier molecular flexibility index (Phi) is 5.70. The maximum Gasteiger partial charge on any atom is 0.272 e. The van der Waals surface area contributed by atoms with E-state index in [0.717, 1.165) is 53.7 Å². The molecule has 7 nitrogen and oxygen atoms in total. The number of carbonyl (C=O) groups excluding carboxylic acids is 1. The van der Waals surface area contributed by atoms with Gasteiger partial charge >= 0.3 is 0 Å². The van der Waals surface area contributed by atoms with E-state index in [1.165, 1.54) is 0 Å². The topological polar surface area (TPSA) is 92.1 Å². The Balaban J connectivity index is 1.24. The molecule has 8 heteroatoms. The second-order valence-electron chi connectivity index (χ2n) is 8.92. The van der Waals surface area contributed by atoms with Crippen molar-refractivity contribution in [3.8, 4) is 0 Å². The van der Waals surface area contributed by atoms with E-state index < -0.39 is 0 Å². The molecule has 4 aromatic rings. The quantitative estimate of drug-likeness (QED) is 0.402. The van der Waals surface area contributed by atoms with Crippen molar-refractivity contribution in [2.45, 2.75) is 50.0 Å². The summed E-state index contributed by atoms with van der Waals surface area (Å²) < 4.78 is 1.84. The Morgan fingerprint density at radius 2 is 2.06 bits per heavy atom. The number of pyridine rings is 1. The Hall–Kier alpha value is -3.13. The average molecular weight is 462 g/mol. The van der Waals surface area contributed by atoms with Crippen molar-refractivity contribution in [2.24, 2.45) is 5.41 Å². The minimum Gasteiger partial charge on any atom is -0.348 e. The number of hydrogen-bond acceptors (Lipinski definition) is 5. The molecule has 0 atom stereocenters. The van der Waals surface area contributed by atoms with Crippen LogP contribution in [0.1, 0.15) is 48.8 Å². The highest BCUT2D eigenvalue weighted by Gasteiger charge is 2.43. The average Bonchev–Trinajstić information content (AvgIpc) is 3.25. The van der Waals surface area contributed by atoms with Gasteiger partial charge in [0.15, 0.2) is 0 Å². The first-order valence-electron chi connectivity index (χ1n) is 11.3. The molecule has 0 aliphatic heterocycles. The summed E-state index contributed by atoms with van der Waals surface area (Å²) in [6.45, 7) is 2.21. The first-order valence-corrected chi connectivity index (χ1v) is 12.5. The minimum absolute atomic E-state index is 0.0811. The molecule has 33 heavy (non-hydrogen) atoms. The van der Waals surface area contributed by atoms with Crippen molar-refractivity contribution < 1.29 is 4.79 Å². The first-order chi connectivity index (χ1) is 16.0. The number of carbonyl (C=O) groups is 1. The number of nitrogens with one attached hydrogen (secondary N) is 2. The fourth-order valence-corrected chi connectivity index (χ4v) is 5.44. The van der Waals surface area contributed by atoms with E-state index in [0.29, 0.717) is 11.1 Å². The minimum atomic E-state index is -0.150. The standard InChI is InChI=1S/C25H27N5O2S/c1-3-25(10-8-20-18-6-4-5-7-19(18)23(31)29-28-20)13-16(14-25)27-24(32)21-15-26-22-12-17(33-2)9-11-30(21)22/h4-7,9,11-12,15-16H,3,8,10,13-14H2,1-2H3,(H,27,32)(H,29,31)/t16-,25-. The number of aryl methyl sites for hydroxylation is 1. The number of nitrogens with zero attached hydrogens (tertiary/aromatic N) is 3. The summed E-state index contributed by atoms with van der Waals surface area (Å²) in [5, 5.41) is 11.8. The number of thioether (sulfide) groups is 1. The molecule has 2 N–H and O–H groups in total. The molecule has 1 aliphatic carbocycles. The van der Waals surface area contributed by atoms with Gasteiger partial charge in [-0.15, -0.1) is 11.8 Å². The molecule has 1 aliphatic rings. The van der Waals surface area contributed by atoms with E-state index in [1.807, 2.05) is 53.3 Å². The number of fused-ring (bicyclic) bond motifs is 2. The van der Waals surface area contributed by atoms with Crippen molar-refractivity contribution >= 4 is 34.1 Å². The molecule has 1 saturated carbocycles. The van der Waals surface area contributed by atoms with Gasteiger partial charge in [-0.2, -0.15) is 5.10 Å². The van der Waals surface area contributed by atoms with Crippen molar-refractivity contribution in [1.29, 1.82) is 0 Å². The molecule has 3 aromatic heterocycles. The van der Waals surface area contributed by atoms with Crippen molar-refractivity contribution in [2.75, 3.05) is 6.26 Å². The molecular formula is C25H27N5O2S. The fourth-order valence-electron chi connectivity index (χ4n) is 5.02. The van der Waals surface area contributed by atoms with Crippen LogP contribution in [0, 0.1) is 5.41 Å². The van der Waals surface area contributed by atoms with Crippen LogP contribution >= 0.6 is 11.8 Å². The van der Waals surface area contributed by atoms with Gasteiger partial charge in [-0.25, -0.2) is 10.1 Å². The lowest BCUT2D eigenvalue weighted by Crippen LogP contribution is -2.51. The lowest BCUT2D eigenvalue weighted by molar-refractivity contribution is 0.0568. The zero-order chi connectivity index (χ0) is 23.0. The van der Waals surface area contributed by atoms with Gasteiger partial charge in [-0.3, -0.25) is 14.0 Å². The first kappa shape index (κ1) is 21.7. The molecule has 0 unspecified atom stereocenters. The van der Waals surface area contributed by atoms with Crippen LogP contribution in [0.4, 0.5) is 0 Å². The number of amides is 1. The van der Waals surface area contributed by atoms with E-state index in [-0.39, 0.29) is 22.9 Å². The lowest BCUT2D eigenvalue weighted by atomic mass is 9.61. The third-order valence-corrected chi connectivity index (χ3v) is 7.79. The predicted octanol–water partition coefficient (Wildman–Crippen LogP) is 4.21. The summed E-state index contributed by atoms with van der Waals surface area (Å²) in [6, 6.07) is 11.8. The van der Waals surface area contributed by atoms with Crippen LogP contribution in [0.2, 0.25) is 0 Å². The summed E-state index contributed by atoms with van der Waals surface area (Å²) >= 11 is 1.66. The van der Waals surface area contributed by atoms with Gasteiger partial charge in [0.25, 0.3) is 11.5 Å². The monoisotopic (exact) mass is 461 g/mol. The lowest BCUT2D eigenvalue weighted by Gasteiger charge is -2.48. The second kappa shape index (κ2) is 8.67. The third-order valence-electron chi connectivity index (χ3n) is 7.06. The Bertz CT molecular complexity index is 1390. The summed E-state index contributed by atoms with van der Waals surface area (Å²) in [6.07, 6.45) is 10.3. The zero-order valence-corrected chi connectivity index (χ0v) is 19.6. The van der Waals surface area contributed by atoms with E-state index in [2.05, 4.69) is 27.4 Å². The molecule has 0 spiro atoms. The van der Waals surface area contributed by atoms with Crippen molar-refractivity contribution in [3.05, 3.63) is 70.5 Å². The summed E-state index contributed by atoms with van der Waals surface area (Å²) in [7, 11) is 0. The molecule has 1 aromatic carbocycles. The maximum absolute atomic E-state index is 12.9. The number of hydrogen-bond donors (Lipinski definition) is 2. The van der Waals surface area contributed by atoms with E-state index in [1.54, 1.807) is 18.0 Å². The molecule has 1 fully saturated rings. The second-order valence-corrected chi connectivity index (χ2v) is 9.80. The van der Waals surface area contributed by atoms with Gasteiger partial charge in [0, 0.05) is 22.5 Å². The highest BCUT2D eigenvalue weighted by atomic mass is 32.2. The van der Waals surface area contributed by atoms with Crippen LogP contribution in [0.25, 0.3) is 16.4 Å². The van der Waals surface area contributed by atoms with Gasteiger partial charge in [0.1, 0.15) is 11.3 Å². The van der Waals surface area contributed by atoms with Crippen LogP contribution in [0.5, 0.6) is 0 Å². The molecule has 0 saturated heterocycles. The number of aromatic amines is 1. The zero-order valence-electron chi connectivity index (χ0n) is 18.8. The van der Waals surface area contributed by atoms with Gasteiger partial charge in [-0.05, 0) is 55.6 Å². The number of aromatic nitrogens is 4. The maximum atomic E-state index is 12.9. The third kappa shape index (κ3) is 4.04. The van der Waals surface area contributed by atoms with Crippen molar-refractivity contribution in [3.63, 3.8) is 0 Å². The highest BCUT2D eigenvalue weighted by molar-refractivity contribution is 7.98. The Morgan fingerprint density at radius 3 is 2.82 bits per heavy atom. The predicted molar refractivity (Wildman–Crippen MR) is 131 cm³/mol. The van der Waals surface area contributed by atoms with Crippen LogP contribution < -0.4 is 10.9 Å². The largest absolute Gasteiger partial charge is 0.348 e. The SMILES string of the molecule is CC[C@]1(CCc2n[nH]c(=O)c3ccccc23)C[C@H](NC(=O)c2cnc3cc(SC)ccn23)C1. The van der Waals surface area contributed by atoms with Gasteiger partial charge in [0.05, 0.1) is 17.3 Å². The van der Waals surface area contributed by atoms with Gasteiger partial charge in [0.2, 0.25) is 0 Å².